The molecule has 0 aliphatic carbocycles. The van der Waals surface area contributed by atoms with E-state index < -0.39 is 20.0 Å². The van der Waals surface area contributed by atoms with Crippen LogP contribution in [-0.4, -0.2) is 39.7 Å². The maximum Gasteiger partial charge on any atom is 0.490 e. The summed E-state index contributed by atoms with van der Waals surface area (Å²) in [5.74, 6) is -2.76. The number of benzene rings is 1. The summed E-state index contributed by atoms with van der Waals surface area (Å²) < 4.78 is 46.8. The zero-order valence-corrected chi connectivity index (χ0v) is 18.6. The van der Waals surface area contributed by atoms with Gasteiger partial charge in [0.1, 0.15) is 0 Å². The Morgan fingerprint density at radius 3 is 1.94 bits per heavy atom. The molecule has 31 heavy (non-hydrogen) atoms. The van der Waals surface area contributed by atoms with Gasteiger partial charge in [0.15, 0.2) is 0 Å². The molecule has 0 heterocycles. The molecule has 0 saturated carbocycles. The molecule has 0 fully saturated rings. The Balaban J connectivity index is 0.00000110. The molecule has 1 rings (SSSR count). The summed E-state index contributed by atoms with van der Waals surface area (Å²) in [6.45, 7) is 2.11. The molecular weight excluding hydrogens is 438 g/mol. The average molecular weight is 471 g/mol. The molecule has 1 atom stereocenters. The number of unbranched alkanes of at least 4 members (excludes halogenated alkanes) is 5. The first kappa shape index (κ1) is 29.5. The highest BCUT2D eigenvalue weighted by Crippen LogP contribution is 2.35. The Morgan fingerprint density at radius 1 is 1.03 bits per heavy atom. The van der Waals surface area contributed by atoms with E-state index in [-0.39, 0.29) is 12.6 Å². The number of halogens is 3. The van der Waals surface area contributed by atoms with Crippen molar-refractivity contribution in [1.82, 2.24) is 0 Å². The molecule has 1 aromatic carbocycles. The summed E-state index contributed by atoms with van der Waals surface area (Å²) in [6, 6.07) is 8.18. The Morgan fingerprint density at radius 2 is 1.48 bits per heavy atom. The largest absolute Gasteiger partial charge is 0.490 e. The van der Waals surface area contributed by atoms with Crippen LogP contribution in [0.5, 0.6) is 0 Å². The fourth-order valence-electron chi connectivity index (χ4n) is 2.61. The number of carboxylic acids is 1. The summed E-state index contributed by atoms with van der Waals surface area (Å²) in [5.41, 5.74) is 8.36. The summed E-state index contributed by atoms with van der Waals surface area (Å²) in [7, 11) is -4.42. The van der Waals surface area contributed by atoms with Crippen molar-refractivity contribution in [3.63, 3.8) is 0 Å². The van der Waals surface area contributed by atoms with Crippen LogP contribution in [0.2, 0.25) is 0 Å². The van der Waals surface area contributed by atoms with Gasteiger partial charge in [-0.1, -0.05) is 63.3 Å². The topological polar surface area (TPSA) is 130 Å². The van der Waals surface area contributed by atoms with Crippen LogP contribution in [0.3, 0.4) is 0 Å². The minimum absolute atomic E-state index is 0.125. The Hall–Kier alpha value is -1.45. The summed E-state index contributed by atoms with van der Waals surface area (Å²) in [5, 5.41) is 7.12. The molecule has 0 unspecified atom stereocenters. The average Bonchev–Trinajstić information content (AvgIpc) is 2.67. The molecule has 7 nitrogen and oxygen atoms in total. The first-order valence-electron chi connectivity index (χ1n) is 10.2. The van der Waals surface area contributed by atoms with E-state index in [1.165, 1.54) is 49.7 Å². The molecule has 180 valence electrons. The van der Waals surface area contributed by atoms with Gasteiger partial charge in [0.25, 0.3) is 0 Å². The SMILES string of the molecule is CCCCCCCCc1ccc(CC[C@@H](N)COP(=O)(O)O)cc1.O=C(O)C(F)(F)F. The van der Waals surface area contributed by atoms with Crippen LogP contribution < -0.4 is 5.73 Å². The molecule has 0 spiro atoms. The smallest absolute Gasteiger partial charge is 0.475 e. The van der Waals surface area contributed by atoms with E-state index in [0.717, 1.165) is 12.8 Å². The minimum Gasteiger partial charge on any atom is -0.475 e. The van der Waals surface area contributed by atoms with Crippen LogP contribution in [0.15, 0.2) is 24.3 Å². The second-order valence-electron chi connectivity index (χ2n) is 7.22. The highest BCUT2D eigenvalue weighted by Gasteiger charge is 2.38. The number of nitrogens with two attached hydrogens (primary N) is 1. The van der Waals surface area contributed by atoms with E-state index in [4.69, 9.17) is 25.4 Å². The number of phosphoric acid groups is 1. The van der Waals surface area contributed by atoms with Crippen molar-refractivity contribution in [2.45, 2.75) is 76.9 Å². The number of carbonyl (C=O) groups is 1. The zero-order valence-electron chi connectivity index (χ0n) is 17.7. The van der Waals surface area contributed by atoms with Gasteiger partial charge < -0.3 is 20.6 Å². The van der Waals surface area contributed by atoms with E-state index in [1.807, 2.05) is 0 Å². The minimum atomic E-state index is -5.08. The lowest BCUT2D eigenvalue weighted by atomic mass is 10.0. The number of aryl methyl sites for hydroxylation is 2. The van der Waals surface area contributed by atoms with Gasteiger partial charge >= 0.3 is 20.0 Å². The van der Waals surface area contributed by atoms with E-state index in [1.54, 1.807) is 0 Å². The Labute approximate surface area is 181 Å². The molecule has 5 N–H and O–H groups in total. The lowest BCUT2D eigenvalue weighted by molar-refractivity contribution is -0.192. The van der Waals surface area contributed by atoms with Gasteiger partial charge in [-0.05, 0) is 36.8 Å². The number of rotatable bonds is 13. The molecule has 0 amide bonds. The lowest BCUT2D eigenvalue weighted by Gasteiger charge is -2.12. The maximum absolute atomic E-state index is 10.6. The predicted molar refractivity (Wildman–Crippen MR) is 112 cm³/mol. The van der Waals surface area contributed by atoms with Gasteiger partial charge in [0.2, 0.25) is 0 Å². The summed E-state index contributed by atoms with van der Waals surface area (Å²) in [6.07, 6.45) is 5.32. The normalized spacial score (nSPS) is 12.7. The van der Waals surface area contributed by atoms with Crippen LogP contribution >= 0.6 is 7.82 Å². The van der Waals surface area contributed by atoms with E-state index in [0.29, 0.717) is 6.42 Å². The van der Waals surface area contributed by atoms with Crippen molar-refractivity contribution >= 4 is 13.8 Å². The van der Waals surface area contributed by atoms with Crippen molar-refractivity contribution in [1.29, 1.82) is 0 Å². The van der Waals surface area contributed by atoms with Crippen molar-refractivity contribution < 1.29 is 41.9 Å². The van der Waals surface area contributed by atoms with Gasteiger partial charge in [-0.3, -0.25) is 4.52 Å². The zero-order chi connectivity index (χ0) is 23.9. The summed E-state index contributed by atoms with van der Waals surface area (Å²) >= 11 is 0. The standard InChI is InChI=1S/C18H32NO4P.C2HF3O2/c1-2-3-4-5-6-7-8-16-9-11-17(12-10-16)13-14-18(19)15-23-24(20,21)22;3-2(4,5)1(6)7/h9-12,18H,2-8,13-15,19H2,1H3,(H2,20,21,22);(H,6,7)/t18-;/m1./s1. The molecule has 0 radical (unpaired) electrons. The van der Waals surface area contributed by atoms with Gasteiger partial charge in [-0.25, -0.2) is 9.36 Å². The van der Waals surface area contributed by atoms with Crippen molar-refractivity contribution in [2.24, 2.45) is 5.73 Å². The third-order valence-corrected chi connectivity index (χ3v) is 4.83. The fourth-order valence-corrected chi connectivity index (χ4v) is 3.00. The highest BCUT2D eigenvalue weighted by molar-refractivity contribution is 7.46. The van der Waals surface area contributed by atoms with Crippen molar-refractivity contribution in [2.75, 3.05) is 6.61 Å². The van der Waals surface area contributed by atoms with Crippen molar-refractivity contribution in [3.05, 3.63) is 35.4 Å². The quantitative estimate of drug-likeness (QED) is 0.244. The fraction of sp³-hybridized carbons (Fsp3) is 0.650. The Bertz CT molecular complexity index is 664. The molecule has 1 aromatic rings. The predicted octanol–water partition coefficient (Wildman–Crippen LogP) is 4.59. The number of hydrogen-bond donors (Lipinski definition) is 4. The van der Waals surface area contributed by atoms with Gasteiger partial charge in [0, 0.05) is 6.04 Å². The van der Waals surface area contributed by atoms with E-state index in [2.05, 4.69) is 35.7 Å². The van der Waals surface area contributed by atoms with E-state index >= 15 is 0 Å². The summed E-state index contributed by atoms with van der Waals surface area (Å²) in [4.78, 5) is 26.2. The lowest BCUT2D eigenvalue weighted by Crippen LogP contribution is -2.26. The first-order valence-corrected chi connectivity index (χ1v) is 11.7. The maximum atomic E-state index is 10.6. The van der Waals surface area contributed by atoms with Gasteiger partial charge in [-0.15, -0.1) is 0 Å². The molecule has 0 aliphatic heterocycles. The number of phosphoric ester groups is 1. The van der Waals surface area contributed by atoms with Gasteiger partial charge in [-0.2, -0.15) is 13.2 Å². The molecule has 0 saturated heterocycles. The number of alkyl halides is 3. The number of aliphatic carboxylic acids is 1. The monoisotopic (exact) mass is 471 g/mol. The molecule has 11 heteroatoms. The van der Waals surface area contributed by atoms with Crippen LogP contribution in [0.4, 0.5) is 13.2 Å². The van der Waals surface area contributed by atoms with Crippen LogP contribution in [-0.2, 0) is 26.7 Å². The third-order valence-electron chi connectivity index (χ3n) is 4.35. The van der Waals surface area contributed by atoms with Crippen LogP contribution in [0, 0.1) is 0 Å². The first-order chi connectivity index (χ1) is 14.3. The highest BCUT2D eigenvalue weighted by atomic mass is 31.2. The second-order valence-corrected chi connectivity index (χ2v) is 8.46. The third kappa shape index (κ3) is 17.9. The van der Waals surface area contributed by atoms with Gasteiger partial charge in [0.05, 0.1) is 6.61 Å². The van der Waals surface area contributed by atoms with Crippen molar-refractivity contribution in [3.8, 4) is 0 Å². The number of carboxylic acid groups (broad SMARTS) is 1. The Kier molecular flexibility index (Phi) is 14.6. The van der Waals surface area contributed by atoms with Crippen LogP contribution in [0.25, 0.3) is 0 Å². The molecule has 0 aliphatic rings. The molecule has 0 bridgehead atoms. The van der Waals surface area contributed by atoms with E-state index in [9.17, 15) is 17.7 Å². The van der Waals surface area contributed by atoms with Crippen LogP contribution in [0.1, 0.15) is 63.0 Å². The number of hydrogen-bond acceptors (Lipinski definition) is 4. The molecular formula is C20H33F3NO6P. The second kappa shape index (κ2) is 15.4. The molecule has 0 aromatic heterocycles.